The molecule has 0 bridgehead atoms. The first-order valence-corrected chi connectivity index (χ1v) is 12.7. The van der Waals surface area contributed by atoms with E-state index in [1.165, 1.54) is 25.7 Å². The molecule has 0 aromatic rings. The third kappa shape index (κ3) is 3.36. The van der Waals surface area contributed by atoms with Gasteiger partial charge in [-0.1, -0.05) is 34.1 Å². The number of carbonyl (C=O) groups is 1. The van der Waals surface area contributed by atoms with E-state index in [2.05, 4.69) is 27.7 Å². The molecule has 0 aliphatic heterocycles. The number of hydrogen-bond donors (Lipinski definition) is 3. The monoisotopic (exact) mass is 420 g/mol. The van der Waals surface area contributed by atoms with Gasteiger partial charge in [0.2, 0.25) is 0 Å². The highest BCUT2D eigenvalue weighted by Gasteiger charge is 2.64. The zero-order valence-corrected chi connectivity index (χ0v) is 19.5. The molecular weight excluding hydrogens is 376 g/mol. The van der Waals surface area contributed by atoms with Crippen molar-refractivity contribution in [3.05, 3.63) is 0 Å². The van der Waals surface area contributed by atoms with Crippen molar-refractivity contribution in [2.24, 2.45) is 52.3 Å². The van der Waals surface area contributed by atoms with Gasteiger partial charge in [0.05, 0.1) is 12.2 Å². The van der Waals surface area contributed by atoms with Crippen LogP contribution in [-0.2, 0) is 4.79 Å². The minimum Gasteiger partial charge on any atom is -0.481 e. The molecule has 3 N–H and O–H groups in total. The molecule has 172 valence electrons. The van der Waals surface area contributed by atoms with Gasteiger partial charge in [-0.2, -0.15) is 0 Å². The van der Waals surface area contributed by atoms with Crippen molar-refractivity contribution < 1.29 is 20.1 Å². The van der Waals surface area contributed by atoms with Crippen LogP contribution in [0, 0.1) is 52.3 Å². The van der Waals surface area contributed by atoms with Gasteiger partial charge in [-0.25, -0.2) is 0 Å². The molecule has 0 radical (unpaired) electrons. The second kappa shape index (κ2) is 8.06. The summed E-state index contributed by atoms with van der Waals surface area (Å²) in [5.74, 6) is 2.58. The number of fused-ring (bicyclic) bond motifs is 5. The highest BCUT2D eigenvalue weighted by Crippen LogP contribution is 2.69. The Morgan fingerprint density at radius 3 is 2.33 bits per heavy atom. The van der Waals surface area contributed by atoms with Gasteiger partial charge < -0.3 is 15.3 Å². The Balaban J connectivity index is 1.61. The summed E-state index contributed by atoms with van der Waals surface area (Å²) in [5, 5.41) is 31.3. The lowest BCUT2D eigenvalue weighted by Crippen LogP contribution is -2.62. The summed E-state index contributed by atoms with van der Waals surface area (Å²) in [6.45, 7) is 9.44. The zero-order chi connectivity index (χ0) is 21.8. The molecule has 4 aliphatic carbocycles. The van der Waals surface area contributed by atoms with Gasteiger partial charge in [-0.05, 0) is 104 Å². The molecule has 0 aromatic heterocycles. The Bertz CT molecular complexity index is 649. The number of aliphatic hydroxyl groups excluding tert-OH is 2. The van der Waals surface area contributed by atoms with Gasteiger partial charge in [0.25, 0.3) is 0 Å². The molecule has 4 fully saturated rings. The topological polar surface area (TPSA) is 77.8 Å². The van der Waals surface area contributed by atoms with Crippen LogP contribution in [0.4, 0.5) is 0 Å². The Labute approximate surface area is 182 Å². The Hall–Kier alpha value is -0.610. The summed E-state index contributed by atoms with van der Waals surface area (Å²) in [7, 11) is 0. The smallest absolute Gasteiger partial charge is 0.303 e. The third-order valence-electron chi connectivity index (χ3n) is 11.0. The maximum Gasteiger partial charge on any atom is 0.303 e. The summed E-state index contributed by atoms with van der Waals surface area (Å²) in [6, 6.07) is 0. The van der Waals surface area contributed by atoms with Crippen molar-refractivity contribution in [2.75, 3.05) is 0 Å². The molecule has 4 saturated carbocycles. The van der Waals surface area contributed by atoms with Crippen molar-refractivity contribution in [1.29, 1.82) is 0 Å². The number of rotatable bonds is 5. The number of carboxylic acid groups (broad SMARTS) is 1. The maximum atomic E-state index is 11.7. The summed E-state index contributed by atoms with van der Waals surface area (Å²) >= 11 is 0. The molecule has 30 heavy (non-hydrogen) atoms. The molecule has 0 amide bonds. The Kier molecular flexibility index (Phi) is 6.07. The van der Waals surface area contributed by atoms with E-state index in [4.69, 9.17) is 5.11 Å². The predicted octanol–water partition coefficient (Wildman–Crippen LogP) is 5.11. The van der Waals surface area contributed by atoms with Crippen LogP contribution in [0.15, 0.2) is 0 Å². The van der Waals surface area contributed by atoms with E-state index >= 15 is 0 Å². The van der Waals surface area contributed by atoms with Crippen LogP contribution < -0.4 is 0 Å². The van der Waals surface area contributed by atoms with Gasteiger partial charge in [0.15, 0.2) is 0 Å². The summed E-state index contributed by atoms with van der Waals surface area (Å²) < 4.78 is 0. The third-order valence-corrected chi connectivity index (χ3v) is 11.0. The van der Waals surface area contributed by atoms with Gasteiger partial charge in [-0.15, -0.1) is 0 Å². The lowest BCUT2D eigenvalue weighted by atomic mass is 9.41. The van der Waals surface area contributed by atoms with Crippen molar-refractivity contribution in [1.82, 2.24) is 0 Å². The lowest BCUT2D eigenvalue weighted by Gasteiger charge is -2.64. The largest absolute Gasteiger partial charge is 0.481 e. The molecular formula is C26H44O4. The second-order valence-electron chi connectivity index (χ2n) is 12.0. The maximum absolute atomic E-state index is 11.7. The number of aliphatic carboxylic acids is 1. The first-order valence-electron chi connectivity index (χ1n) is 12.7. The number of hydrogen-bond acceptors (Lipinski definition) is 3. The van der Waals surface area contributed by atoms with E-state index in [1.807, 2.05) is 0 Å². The van der Waals surface area contributed by atoms with Crippen LogP contribution in [0.25, 0.3) is 0 Å². The molecule has 0 aromatic carbocycles. The minimum absolute atomic E-state index is 0.194. The standard InChI is InChI=1S/C26H44O4/c1-5-17-21-14-16(27)10-12-26(21,4)20-11-13-25(3)18(15(2)6-9-22(28)29)7-8-19(25)23(20)24(17)30/h15-21,23-24,27,30H,5-14H2,1-4H3,(H,28,29)/t15-,16-,17?,18-,19+,20+,21+,23+,24-,25-,26-/m1/s1. The Morgan fingerprint density at radius 2 is 1.67 bits per heavy atom. The van der Waals surface area contributed by atoms with Crippen LogP contribution in [-0.4, -0.2) is 33.5 Å². The van der Waals surface area contributed by atoms with E-state index in [0.29, 0.717) is 41.4 Å². The number of carboxylic acids is 1. The molecule has 11 atom stereocenters. The molecule has 0 spiro atoms. The second-order valence-corrected chi connectivity index (χ2v) is 12.0. The predicted molar refractivity (Wildman–Crippen MR) is 118 cm³/mol. The molecule has 4 nitrogen and oxygen atoms in total. The average molecular weight is 421 g/mol. The van der Waals surface area contributed by atoms with Crippen LogP contribution >= 0.6 is 0 Å². The fourth-order valence-electron chi connectivity index (χ4n) is 9.48. The molecule has 4 rings (SSSR count). The first kappa shape index (κ1) is 22.6. The number of aliphatic hydroxyl groups is 2. The fraction of sp³-hybridized carbons (Fsp3) is 0.962. The van der Waals surface area contributed by atoms with Crippen molar-refractivity contribution in [3.8, 4) is 0 Å². The van der Waals surface area contributed by atoms with Crippen molar-refractivity contribution in [3.63, 3.8) is 0 Å². The van der Waals surface area contributed by atoms with Crippen LogP contribution in [0.1, 0.15) is 91.9 Å². The molecule has 0 saturated heterocycles. The quantitative estimate of drug-likeness (QED) is 0.577. The van der Waals surface area contributed by atoms with E-state index in [0.717, 1.165) is 32.1 Å². The van der Waals surface area contributed by atoms with E-state index in [1.54, 1.807) is 0 Å². The summed E-state index contributed by atoms with van der Waals surface area (Å²) in [4.78, 5) is 11.1. The van der Waals surface area contributed by atoms with E-state index in [-0.39, 0.29) is 29.5 Å². The molecule has 0 heterocycles. The SMILES string of the molecule is CCC1[C@@H](O)[C@@H]2[C@H](CC[C@]3(C)[C@@H]([C@H](C)CCC(=O)O)CC[C@@H]23)[C@@]2(C)CC[C@@H](O)C[C@@H]12. The van der Waals surface area contributed by atoms with Crippen LogP contribution in [0.2, 0.25) is 0 Å². The lowest BCUT2D eigenvalue weighted by molar-refractivity contribution is -0.203. The Morgan fingerprint density at radius 1 is 1.00 bits per heavy atom. The van der Waals surface area contributed by atoms with E-state index < -0.39 is 5.97 Å². The van der Waals surface area contributed by atoms with Gasteiger partial charge in [0.1, 0.15) is 0 Å². The summed E-state index contributed by atoms with van der Waals surface area (Å²) in [5.41, 5.74) is 0.480. The fourth-order valence-corrected chi connectivity index (χ4v) is 9.48. The highest BCUT2D eigenvalue weighted by atomic mass is 16.4. The minimum atomic E-state index is -0.683. The molecule has 4 heteroatoms. The zero-order valence-electron chi connectivity index (χ0n) is 19.5. The normalized spacial score (nSPS) is 51.5. The molecule has 1 unspecified atom stereocenters. The first-order chi connectivity index (χ1) is 14.1. The van der Waals surface area contributed by atoms with Crippen molar-refractivity contribution >= 4 is 5.97 Å². The van der Waals surface area contributed by atoms with Gasteiger partial charge in [-0.3, -0.25) is 4.79 Å². The van der Waals surface area contributed by atoms with Crippen molar-refractivity contribution in [2.45, 2.75) is 104 Å². The van der Waals surface area contributed by atoms with Crippen LogP contribution in [0.5, 0.6) is 0 Å². The van der Waals surface area contributed by atoms with Crippen LogP contribution in [0.3, 0.4) is 0 Å². The average Bonchev–Trinajstić information content (AvgIpc) is 3.05. The van der Waals surface area contributed by atoms with Gasteiger partial charge in [0, 0.05) is 6.42 Å². The molecule has 4 aliphatic rings. The van der Waals surface area contributed by atoms with E-state index in [9.17, 15) is 15.0 Å². The summed E-state index contributed by atoms with van der Waals surface area (Å²) in [6.07, 6.45) is 9.27. The van der Waals surface area contributed by atoms with Gasteiger partial charge >= 0.3 is 5.97 Å². The highest BCUT2D eigenvalue weighted by molar-refractivity contribution is 5.66.